The Bertz CT molecular complexity index is 2560. The first-order valence-corrected chi connectivity index (χ1v) is 16.9. The van der Waals surface area contributed by atoms with Crippen LogP contribution in [0.4, 0.5) is 0 Å². The molecule has 8 aromatic rings. The summed E-state index contributed by atoms with van der Waals surface area (Å²) in [5.74, 6) is 0. The summed E-state index contributed by atoms with van der Waals surface area (Å²) in [5.41, 5.74) is 14.7. The van der Waals surface area contributed by atoms with E-state index >= 15 is 0 Å². The van der Waals surface area contributed by atoms with Gasteiger partial charge >= 0.3 is 0 Å². The number of hydrogen-bond acceptors (Lipinski definition) is 1. The summed E-state index contributed by atoms with van der Waals surface area (Å²) in [6, 6.07) is 41.2. The van der Waals surface area contributed by atoms with Gasteiger partial charge in [-0.25, -0.2) is 0 Å². The van der Waals surface area contributed by atoms with Crippen molar-refractivity contribution in [3.8, 4) is 33.4 Å². The maximum absolute atomic E-state index is 6.56. The molecule has 0 saturated carbocycles. The maximum atomic E-state index is 6.56. The first-order chi connectivity index (χ1) is 23.6. The molecule has 0 spiro atoms. The molecule has 0 aliphatic heterocycles. The molecule has 0 N–H and O–H groups in total. The summed E-state index contributed by atoms with van der Waals surface area (Å²) in [4.78, 5) is 0. The Morgan fingerprint density at radius 1 is 0.583 bits per heavy atom. The molecule has 1 aromatic heterocycles. The Hall–Kier alpha value is -5.37. The number of furan rings is 1. The van der Waals surface area contributed by atoms with Crippen LogP contribution >= 0.6 is 11.6 Å². The van der Waals surface area contributed by atoms with Crippen molar-refractivity contribution in [1.82, 2.24) is 0 Å². The van der Waals surface area contributed by atoms with Gasteiger partial charge in [0.2, 0.25) is 0 Å². The van der Waals surface area contributed by atoms with Crippen LogP contribution in [0.1, 0.15) is 28.7 Å². The average Bonchev–Trinajstić information content (AvgIpc) is 3.52. The van der Waals surface area contributed by atoms with Crippen molar-refractivity contribution in [2.24, 2.45) is 0 Å². The number of rotatable bonds is 3. The zero-order chi connectivity index (χ0) is 32.9. The standard InChI is InChI=1S/C44H31ClO.C2H4/c1-26-31-10-3-6-13-34(31)40(25-39(26)43-27(2)32-11-4-5-12-33(32)35-14-7-8-15-36(35)43)37-16-9-17-41-44(37)38-23-20-29(24-42(38)46-41)28-18-21-30(45)22-19-28;1-2/h3-7,9-14,16-25H,8,15H2,1-2H3;1-2H2. The lowest BCUT2D eigenvalue weighted by Gasteiger charge is -2.24. The van der Waals surface area contributed by atoms with Gasteiger partial charge < -0.3 is 4.42 Å². The molecule has 0 amide bonds. The van der Waals surface area contributed by atoms with Crippen LogP contribution in [-0.4, -0.2) is 0 Å². The largest absolute Gasteiger partial charge is 0.456 e. The monoisotopic (exact) mass is 638 g/mol. The van der Waals surface area contributed by atoms with Crippen molar-refractivity contribution in [2.45, 2.75) is 26.7 Å². The Morgan fingerprint density at radius 2 is 1.27 bits per heavy atom. The molecule has 9 rings (SSSR count). The summed E-state index contributed by atoms with van der Waals surface area (Å²) in [6.45, 7) is 10.6. The van der Waals surface area contributed by atoms with E-state index in [-0.39, 0.29) is 0 Å². The summed E-state index contributed by atoms with van der Waals surface area (Å²) in [5, 5.41) is 8.24. The smallest absolute Gasteiger partial charge is 0.136 e. The maximum Gasteiger partial charge on any atom is 0.136 e. The van der Waals surface area contributed by atoms with Crippen LogP contribution in [0.15, 0.2) is 139 Å². The van der Waals surface area contributed by atoms with E-state index in [4.69, 9.17) is 16.0 Å². The number of allylic oxidation sites excluding steroid dienone is 1. The highest BCUT2D eigenvalue weighted by Gasteiger charge is 2.23. The SMILES string of the molecule is C=C.Cc1c(-c2c3c(c4ccccc4c2C)C=CCC3)cc(-c2cccc3oc4cc(-c5ccc(Cl)cc5)ccc4c23)c2ccccc12. The van der Waals surface area contributed by atoms with Crippen LogP contribution < -0.4 is 0 Å². The number of hydrogen-bond donors (Lipinski definition) is 0. The highest BCUT2D eigenvalue weighted by molar-refractivity contribution is 6.30. The fourth-order valence-electron chi connectivity index (χ4n) is 7.82. The first-order valence-electron chi connectivity index (χ1n) is 16.5. The topological polar surface area (TPSA) is 13.1 Å². The van der Waals surface area contributed by atoms with Gasteiger partial charge in [0.1, 0.15) is 11.2 Å². The molecular weight excluding hydrogens is 604 g/mol. The molecule has 1 heterocycles. The van der Waals surface area contributed by atoms with E-state index in [1.165, 1.54) is 66.1 Å². The van der Waals surface area contributed by atoms with Crippen LogP contribution in [0.25, 0.3) is 82.9 Å². The zero-order valence-electron chi connectivity index (χ0n) is 27.2. The van der Waals surface area contributed by atoms with Crippen molar-refractivity contribution in [2.75, 3.05) is 0 Å². The second-order valence-electron chi connectivity index (χ2n) is 12.5. The Kier molecular flexibility index (Phi) is 7.51. The molecule has 0 atom stereocenters. The molecular formula is C46H35ClO. The van der Waals surface area contributed by atoms with E-state index in [1.54, 1.807) is 0 Å². The highest BCUT2D eigenvalue weighted by atomic mass is 35.5. The fourth-order valence-corrected chi connectivity index (χ4v) is 7.95. The van der Waals surface area contributed by atoms with Crippen LogP contribution in [-0.2, 0) is 6.42 Å². The average molecular weight is 639 g/mol. The van der Waals surface area contributed by atoms with E-state index < -0.39 is 0 Å². The molecule has 1 nitrogen and oxygen atoms in total. The fraction of sp³-hybridized carbons (Fsp3) is 0.0870. The van der Waals surface area contributed by atoms with Crippen LogP contribution in [0.5, 0.6) is 0 Å². The second-order valence-corrected chi connectivity index (χ2v) is 13.0. The molecule has 0 bridgehead atoms. The van der Waals surface area contributed by atoms with Gasteiger partial charge in [-0.15, -0.1) is 13.2 Å². The third kappa shape index (κ3) is 4.69. The molecule has 0 radical (unpaired) electrons. The summed E-state index contributed by atoms with van der Waals surface area (Å²) >= 11 is 6.17. The van der Waals surface area contributed by atoms with E-state index in [0.29, 0.717) is 0 Å². The predicted octanol–water partition coefficient (Wildman–Crippen LogP) is 13.9. The first kappa shape index (κ1) is 30.0. The molecule has 7 aromatic carbocycles. The van der Waals surface area contributed by atoms with E-state index in [0.717, 1.165) is 50.9 Å². The highest BCUT2D eigenvalue weighted by Crippen LogP contribution is 2.46. The van der Waals surface area contributed by atoms with Crippen LogP contribution in [0.2, 0.25) is 5.02 Å². The zero-order valence-corrected chi connectivity index (χ0v) is 28.0. The minimum absolute atomic E-state index is 0.735. The summed E-state index contributed by atoms with van der Waals surface area (Å²) in [6.07, 6.45) is 6.79. The third-order valence-corrected chi connectivity index (χ3v) is 10.3. The van der Waals surface area contributed by atoms with Gasteiger partial charge in [-0.1, -0.05) is 103 Å². The molecule has 0 unspecified atom stereocenters. The van der Waals surface area contributed by atoms with Crippen LogP contribution in [0, 0.1) is 13.8 Å². The van der Waals surface area contributed by atoms with Gasteiger partial charge in [-0.3, -0.25) is 0 Å². The molecule has 0 fully saturated rings. The van der Waals surface area contributed by atoms with Crippen molar-refractivity contribution in [3.05, 3.63) is 162 Å². The molecule has 48 heavy (non-hydrogen) atoms. The van der Waals surface area contributed by atoms with Crippen molar-refractivity contribution < 1.29 is 4.42 Å². The van der Waals surface area contributed by atoms with Crippen molar-refractivity contribution in [3.63, 3.8) is 0 Å². The molecule has 1 aliphatic carbocycles. The third-order valence-electron chi connectivity index (χ3n) is 10.0. The quantitative estimate of drug-likeness (QED) is 0.175. The number of benzene rings is 7. The second kappa shape index (κ2) is 12.0. The minimum atomic E-state index is 0.735. The predicted molar refractivity (Wildman–Crippen MR) is 208 cm³/mol. The van der Waals surface area contributed by atoms with Crippen LogP contribution in [0.3, 0.4) is 0 Å². The van der Waals surface area contributed by atoms with E-state index in [1.807, 2.05) is 12.1 Å². The van der Waals surface area contributed by atoms with Crippen molar-refractivity contribution >= 4 is 61.2 Å². The summed E-state index contributed by atoms with van der Waals surface area (Å²) < 4.78 is 6.56. The Labute approximate surface area is 286 Å². The van der Waals surface area contributed by atoms with Gasteiger partial charge in [-0.05, 0) is 140 Å². The Balaban J connectivity index is 0.00000165. The van der Waals surface area contributed by atoms with Crippen molar-refractivity contribution in [1.29, 1.82) is 0 Å². The van der Waals surface area contributed by atoms with Gasteiger partial charge in [0, 0.05) is 15.8 Å². The number of halogens is 1. The molecule has 0 saturated heterocycles. The normalized spacial score (nSPS) is 12.4. The molecule has 232 valence electrons. The van der Waals surface area contributed by atoms with Gasteiger partial charge in [-0.2, -0.15) is 0 Å². The lowest BCUT2D eigenvalue weighted by molar-refractivity contribution is 0.669. The van der Waals surface area contributed by atoms with E-state index in [2.05, 4.69) is 142 Å². The molecule has 1 aliphatic rings. The van der Waals surface area contributed by atoms with E-state index in [9.17, 15) is 0 Å². The van der Waals surface area contributed by atoms with Gasteiger partial charge in [0.15, 0.2) is 0 Å². The minimum Gasteiger partial charge on any atom is -0.456 e. The lowest BCUT2D eigenvalue weighted by atomic mass is 9.79. The molecule has 2 heteroatoms. The summed E-state index contributed by atoms with van der Waals surface area (Å²) in [7, 11) is 0. The number of fused-ring (bicyclic) bond motifs is 7. The number of aryl methyl sites for hydroxylation is 2. The van der Waals surface area contributed by atoms with Gasteiger partial charge in [0.25, 0.3) is 0 Å². The Morgan fingerprint density at radius 3 is 2.04 bits per heavy atom. The van der Waals surface area contributed by atoms with Gasteiger partial charge in [0.05, 0.1) is 0 Å². The lowest BCUT2D eigenvalue weighted by Crippen LogP contribution is -2.03.